The molecule has 1 N–H and O–H groups in total. The van der Waals surface area contributed by atoms with Gasteiger partial charge in [0.05, 0.1) is 5.56 Å². The van der Waals surface area contributed by atoms with Gasteiger partial charge in [-0.2, -0.15) is 0 Å². The van der Waals surface area contributed by atoms with Crippen molar-refractivity contribution in [2.24, 2.45) is 0 Å². The first-order valence-electron chi connectivity index (χ1n) is 12.9. The summed E-state index contributed by atoms with van der Waals surface area (Å²) in [5.74, 6) is -1.48. The number of nitrogens with zero attached hydrogens (tertiary/aromatic N) is 2. The van der Waals surface area contributed by atoms with Crippen LogP contribution in [0.3, 0.4) is 0 Å². The van der Waals surface area contributed by atoms with Crippen LogP contribution >= 0.6 is 11.6 Å². The van der Waals surface area contributed by atoms with E-state index in [4.69, 9.17) is 11.6 Å². The zero-order chi connectivity index (χ0) is 29.1. The Morgan fingerprint density at radius 3 is 2.25 bits per heavy atom. The van der Waals surface area contributed by atoms with Crippen LogP contribution in [-0.2, 0) is 32.6 Å². The molecule has 3 amide bonds. The second-order valence-corrected chi connectivity index (χ2v) is 13.0. The van der Waals surface area contributed by atoms with Gasteiger partial charge in [0, 0.05) is 36.5 Å². The maximum Gasteiger partial charge on any atom is 0.269 e. The molecule has 0 saturated carbocycles. The van der Waals surface area contributed by atoms with Gasteiger partial charge in [0.25, 0.3) is 15.9 Å². The van der Waals surface area contributed by atoms with Gasteiger partial charge >= 0.3 is 0 Å². The molecule has 0 aliphatic carbocycles. The number of hydrogen-bond donors (Lipinski definition) is 1. The minimum atomic E-state index is -4.07. The van der Waals surface area contributed by atoms with E-state index in [1.807, 2.05) is 51.1 Å². The molecule has 0 aromatic heterocycles. The summed E-state index contributed by atoms with van der Waals surface area (Å²) >= 11 is 6.21. The largest absolute Gasteiger partial charge is 0.350 e. The maximum atomic E-state index is 13.9. The average Bonchev–Trinajstić information content (AvgIpc) is 3.09. The first kappa shape index (κ1) is 29.3. The lowest BCUT2D eigenvalue weighted by atomic mass is 10.0. The molecular weight excluding hydrogens is 550 g/mol. The number of hydrogen-bond acceptors (Lipinski definition) is 5. The highest BCUT2D eigenvalue weighted by atomic mass is 35.5. The molecule has 0 saturated heterocycles. The molecule has 1 aliphatic rings. The lowest BCUT2D eigenvalue weighted by Gasteiger charge is -2.34. The monoisotopic (exact) mass is 581 g/mol. The molecule has 1 heterocycles. The summed E-state index contributed by atoms with van der Waals surface area (Å²) in [6, 6.07) is 21.4. The molecule has 0 fully saturated rings. The van der Waals surface area contributed by atoms with E-state index < -0.39 is 33.4 Å². The fourth-order valence-corrected chi connectivity index (χ4v) is 6.41. The Balaban J connectivity index is 1.65. The third-order valence-electron chi connectivity index (χ3n) is 6.45. The Morgan fingerprint density at radius 2 is 1.60 bits per heavy atom. The summed E-state index contributed by atoms with van der Waals surface area (Å²) in [5.41, 5.74) is 1.09. The second-order valence-electron chi connectivity index (χ2n) is 10.7. The lowest BCUT2D eigenvalue weighted by molar-refractivity contribution is -0.142. The molecule has 8 nitrogen and oxygen atoms in total. The van der Waals surface area contributed by atoms with Crippen molar-refractivity contribution in [2.75, 3.05) is 6.54 Å². The van der Waals surface area contributed by atoms with Gasteiger partial charge in [-0.3, -0.25) is 14.4 Å². The van der Waals surface area contributed by atoms with E-state index >= 15 is 0 Å². The third kappa shape index (κ3) is 6.71. The predicted octanol–water partition coefficient (Wildman–Crippen LogP) is 4.43. The van der Waals surface area contributed by atoms with Crippen LogP contribution in [-0.4, -0.2) is 53.5 Å². The van der Waals surface area contributed by atoms with Crippen molar-refractivity contribution in [3.8, 4) is 0 Å². The zero-order valence-electron chi connectivity index (χ0n) is 22.6. The third-order valence-corrected chi connectivity index (χ3v) is 8.53. The zero-order valence-corrected chi connectivity index (χ0v) is 24.2. The number of fused-ring (bicyclic) bond motifs is 1. The molecule has 1 atom stereocenters. The smallest absolute Gasteiger partial charge is 0.269 e. The van der Waals surface area contributed by atoms with Crippen LogP contribution in [0, 0.1) is 0 Å². The van der Waals surface area contributed by atoms with Gasteiger partial charge in [-0.25, -0.2) is 12.7 Å². The molecule has 1 aliphatic heterocycles. The summed E-state index contributed by atoms with van der Waals surface area (Å²) in [5, 5.41) is 3.46. The van der Waals surface area contributed by atoms with E-state index in [1.54, 1.807) is 36.4 Å². The van der Waals surface area contributed by atoms with Crippen LogP contribution < -0.4 is 5.32 Å². The standard InChI is InChI=1S/C30H32ClN3O5S/c1-30(2,3)32-28(36)25(19-21-10-5-4-6-11-21)33(20-22-12-9-13-23(31)18-22)27(35)16-17-34-29(37)24-14-7-8-15-26(24)40(34,38)39/h4-15,18,25H,16-17,19-20H2,1-3H3,(H,32,36). The minimum Gasteiger partial charge on any atom is -0.350 e. The molecule has 10 heteroatoms. The van der Waals surface area contributed by atoms with Crippen molar-refractivity contribution in [3.05, 3.63) is 101 Å². The number of sulfonamides is 1. The molecule has 1 unspecified atom stereocenters. The van der Waals surface area contributed by atoms with Gasteiger partial charge in [0.2, 0.25) is 11.8 Å². The van der Waals surface area contributed by atoms with Gasteiger partial charge in [-0.15, -0.1) is 0 Å². The van der Waals surface area contributed by atoms with Gasteiger partial charge in [0.15, 0.2) is 0 Å². The highest BCUT2D eigenvalue weighted by molar-refractivity contribution is 7.90. The van der Waals surface area contributed by atoms with Crippen LogP contribution in [0.25, 0.3) is 0 Å². The Kier molecular flexibility index (Phi) is 8.65. The Bertz CT molecular complexity index is 1520. The van der Waals surface area contributed by atoms with Crippen LogP contribution in [0.15, 0.2) is 83.8 Å². The fourth-order valence-electron chi connectivity index (χ4n) is 4.63. The molecule has 0 radical (unpaired) electrons. The van der Waals surface area contributed by atoms with Crippen LogP contribution in [0.1, 0.15) is 48.7 Å². The summed E-state index contributed by atoms with van der Waals surface area (Å²) in [7, 11) is -4.07. The Morgan fingerprint density at radius 1 is 0.950 bits per heavy atom. The van der Waals surface area contributed by atoms with Crippen molar-refractivity contribution in [3.63, 3.8) is 0 Å². The number of amides is 3. The number of benzene rings is 3. The second kappa shape index (κ2) is 11.8. The van der Waals surface area contributed by atoms with Crippen molar-refractivity contribution in [1.29, 1.82) is 0 Å². The van der Waals surface area contributed by atoms with Gasteiger partial charge in [-0.05, 0) is 56.2 Å². The lowest BCUT2D eigenvalue weighted by Crippen LogP contribution is -2.54. The van der Waals surface area contributed by atoms with Crippen molar-refractivity contribution in [2.45, 2.75) is 56.6 Å². The number of rotatable bonds is 9. The normalized spacial score (nSPS) is 14.9. The van der Waals surface area contributed by atoms with E-state index in [9.17, 15) is 22.8 Å². The molecule has 0 bridgehead atoms. The maximum absolute atomic E-state index is 13.9. The Hall–Kier alpha value is -3.69. The molecule has 3 aromatic rings. The summed E-state index contributed by atoms with van der Waals surface area (Å²) < 4.78 is 26.8. The van der Waals surface area contributed by atoms with E-state index in [0.717, 1.165) is 9.87 Å². The molecule has 3 aromatic carbocycles. The summed E-state index contributed by atoms with van der Waals surface area (Å²) in [6.45, 7) is 5.29. The van der Waals surface area contributed by atoms with E-state index in [2.05, 4.69) is 5.32 Å². The average molecular weight is 582 g/mol. The minimum absolute atomic E-state index is 0.0649. The number of nitrogens with one attached hydrogen (secondary N) is 1. The van der Waals surface area contributed by atoms with Crippen molar-refractivity contribution < 1.29 is 22.8 Å². The highest BCUT2D eigenvalue weighted by Crippen LogP contribution is 2.30. The first-order valence-corrected chi connectivity index (χ1v) is 14.7. The highest BCUT2D eigenvalue weighted by Gasteiger charge is 2.41. The van der Waals surface area contributed by atoms with Gasteiger partial charge < -0.3 is 10.2 Å². The van der Waals surface area contributed by atoms with Crippen molar-refractivity contribution in [1.82, 2.24) is 14.5 Å². The molecular formula is C30H32ClN3O5S. The summed E-state index contributed by atoms with van der Waals surface area (Å²) in [6.07, 6.45) is -0.0605. The summed E-state index contributed by atoms with van der Waals surface area (Å²) in [4.78, 5) is 41.8. The number of carbonyl (C=O) groups excluding carboxylic acids is 3. The van der Waals surface area contributed by atoms with Crippen LogP contribution in [0.5, 0.6) is 0 Å². The quantitative estimate of drug-likeness (QED) is 0.403. The fraction of sp³-hybridized carbons (Fsp3) is 0.300. The van der Waals surface area contributed by atoms with E-state index in [0.29, 0.717) is 10.6 Å². The van der Waals surface area contributed by atoms with Gasteiger partial charge in [0.1, 0.15) is 10.9 Å². The first-order chi connectivity index (χ1) is 18.9. The molecule has 0 spiro atoms. The molecule has 4 rings (SSSR count). The van der Waals surface area contributed by atoms with Crippen molar-refractivity contribution >= 4 is 39.3 Å². The van der Waals surface area contributed by atoms with Crippen LogP contribution in [0.4, 0.5) is 0 Å². The Labute approximate surface area is 240 Å². The van der Waals surface area contributed by atoms with Crippen LogP contribution in [0.2, 0.25) is 5.02 Å². The topological polar surface area (TPSA) is 104 Å². The predicted molar refractivity (Wildman–Crippen MR) is 153 cm³/mol. The number of carbonyl (C=O) groups is 3. The molecule has 210 valence electrons. The van der Waals surface area contributed by atoms with E-state index in [1.165, 1.54) is 17.0 Å². The number of halogens is 1. The molecule has 40 heavy (non-hydrogen) atoms. The SMILES string of the molecule is CC(C)(C)NC(=O)C(Cc1ccccc1)N(Cc1cccc(Cl)c1)C(=O)CCN1C(=O)c2ccccc2S1(=O)=O. The van der Waals surface area contributed by atoms with Gasteiger partial charge in [-0.1, -0.05) is 66.2 Å². The van der Waals surface area contributed by atoms with E-state index in [-0.39, 0.29) is 42.3 Å².